The Morgan fingerprint density at radius 3 is 2.62 bits per heavy atom. The molecule has 0 heterocycles. The summed E-state index contributed by atoms with van der Waals surface area (Å²) in [5.41, 5.74) is 3.34. The van der Waals surface area contributed by atoms with Crippen molar-refractivity contribution in [2.75, 3.05) is 0 Å². The molecule has 0 fully saturated rings. The van der Waals surface area contributed by atoms with E-state index >= 15 is 0 Å². The van der Waals surface area contributed by atoms with E-state index in [1.807, 2.05) is 12.1 Å². The molecule has 0 aliphatic carbocycles. The van der Waals surface area contributed by atoms with Gasteiger partial charge in [-0.3, -0.25) is 4.79 Å². The molecule has 0 saturated heterocycles. The van der Waals surface area contributed by atoms with Crippen LogP contribution in [0.3, 0.4) is 0 Å². The van der Waals surface area contributed by atoms with Crippen LogP contribution in [-0.2, 0) is 12.8 Å². The van der Waals surface area contributed by atoms with Crippen LogP contribution < -0.4 is 0 Å². The first kappa shape index (κ1) is 9.97. The van der Waals surface area contributed by atoms with Crippen LogP contribution in [0.4, 0.5) is 0 Å². The Bertz CT molecular complexity index is 289. The van der Waals surface area contributed by atoms with Crippen molar-refractivity contribution >= 4 is 6.29 Å². The zero-order chi connectivity index (χ0) is 9.68. The third-order valence-corrected chi connectivity index (χ3v) is 2.25. The van der Waals surface area contributed by atoms with E-state index in [0.29, 0.717) is 0 Å². The fourth-order valence-corrected chi connectivity index (χ4v) is 1.52. The Morgan fingerprint density at radius 1 is 1.31 bits per heavy atom. The Hall–Kier alpha value is -1.11. The van der Waals surface area contributed by atoms with Crippen LogP contribution in [0.5, 0.6) is 0 Å². The molecule has 0 unspecified atom stereocenters. The maximum Gasteiger partial charge on any atom is 0.150 e. The molecule has 1 aromatic rings. The van der Waals surface area contributed by atoms with E-state index in [2.05, 4.69) is 19.9 Å². The lowest BCUT2D eigenvalue weighted by atomic mass is 10.0. The predicted molar refractivity (Wildman–Crippen MR) is 55.2 cm³/mol. The van der Waals surface area contributed by atoms with Crippen molar-refractivity contribution in [1.29, 1.82) is 0 Å². The minimum absolute atomic E-state index is 0.836. The van der Waals surface area contributed by atoms with E-state index in [9.17, 15) is 4.79 Å². The van der Waals surface area contributed by atoms with Gasteiger partial charge in [0.05, 0.1) is 0 Å². The van der Waals surface area contributed by atoms with E-state index in [0.717, 1.165) is 31.1 Å². The second kappa shape index (κ2) is 4.80. The molecule has 70 valence electrons. The first-order valence-electron chi connectivity index (χ1n) is 4.88. The normalized spacial score (nSPS) is 10.0. The summed E-state index contributed by atoms with van der Waals surface area (Å²) in [5, 5.41) is 0. The van der Waals surface area contributed by atoms with Gasteiger partial charge >= 0.3 is 0 Å². The molecule has 1 heteroatoms. The van der Waals surface area contributed by atoms with Crippen LogP contribution in [0.1, 0.15) is 41.8 Å². The molecule has 0 bridgehead atoms. The Kier molecular flexibility index (Phi) is 3.69. The van der Waals surface area contributed by atoms with Gasteiger partial charge in [-0.05, 0) is 24.0 Å². The fourth-order valence-electron chi connectivity index (χ4n) is 1.52. The van der Waals surface area contributed by atoms with Crippen molar-refractivity contribution in [1.82, 2.24) is 0 Å². The molecular weight excluding hydrogens is 160 g/mol. The molecule has 0 spiro atoms. The smallest absolute Gasteiger partial charge is 0.150 e. The zero-order valence-corrected chi connectivity index (χ0v) is 8.34. The van der Waals surface area contributed by atoms with Crippen molar-refractivity contribution in [2.45, 2.75) is 33.1 Å². The molecular formula is C12H16O. The molecule has 0 amide bonds. The largest absolute Gasteiger partial charge is 0.298 e. The average molecular weight is 176 g/mol. The first-order chi connectivity index (χ1) is 6.31. The maximum atomic E-state index is 10.7. The maximum absolute atomic E-state index is 10.7. The molecule has 13 heavy (non-hydrogen) atoms. The van der Waals surface area contributed by atoms with Crippen LogP contribution in [0, 0.1) is 0 Å². The number of aryl methyl sites for hydroxylation is 2. The quantitative estimate of drug-likeness (QED) is 0.644. The van der Waals surface area contributed by atoms with Gasteiger partial charge in [-0.2, -0.15) is 0 Å². The summed E-state index contributed by atoms with van der Waals surface area (Å²) in [4.78, 5) is 10.7. The van der Waals surface area contributed by atoms with E-state index in [4.69, 9.17) is 0 Å². The highest BCUT2D eigenvalue weighted by Crippen LogP contribution is 2.12. The average Bonchev–Trinajstić information content (AvgIpc) is 2.18. The summed E-state index contributed by atoms with van der Waals surface area (Å²) in [5.74, 6) is 0. The van der Waals surface area contributed by atoms with Crippen LogP contribution in [0.15, 0.2) is 18.2 Å². The van der Waals surface area contributed by atoms with Crippen LogP contribution in [0.25, 0.3) is 0 Å². The van der Waals surface area contributed by atoms with Gasteiger partial charge in [-0.25, -0.2) is 0 Å². The number of benzene rings is 1. The standard InChI is InChI=1S/C12H16O/c1-3-5-10-6-7-12(9-13)11(4-2)8-10/h6-9H,3-5H2,1-2H3. The Morgan fingerprint density at radius 2 is 2.08 bits per heavy atom. The molecule has 1 aromatic carbocycles. The summed E-state index contributed by atoms with van der Waals surface area (Å²) in [6.07, 6.45) is 4.13. The number of carbonyl (C=O) groups is 1. The van der Waals surface area contributed by atoms with Gasteiger partial charge in [0.2, 0.25) is 0 Å². The second-order valence-corrected chi connectivity index (χ2v) is 3.25. The zero-order valence-electron chi connectivity index (χ0n) is 8.34. The molecule has 0 aromatic heterocycles. The Labute approximate surface area is 79.8 Å². The topological polar surface area (TPSA) is 17.1 Å². The molecule has 0 aliphatic heterocycles. The van der Waals surface area contributed by atoms with Gasteiger partial charge in [-0.15, -0.1) is 0 Å². The van der Waals surface area contributed by atoms with Crippen LogP contribution >= 0.6 is 0 Å². The third-order valence-electron chi connectivity index (χ3n) is 2.25. The summed E-state index contributed by atoms with van der Waals surface area (Å²) in [6, 6.07) is 6.12. The number of carbonyl (C=O) groups excluding carboxylic acids is 1. The van der Waals surface area contributed by atoms with Gasteiger partial charge in [0.25, 0.3) is 0 Å². The van der Waals surface area contributed by atoms with E-state index in [1.165, 1.54) is 11.1 Å². The predicted octanol–water partition coefficient (Wildman–Crippen LogP) is 3.01. The lowest BCUT2D eigenvalue weighted by Gasteiger charge is -2.04. The van der Waals surface area contributed by atoms with Gasteiger partial charge < -0.3 is 0 Å². The van der Waals surface area contributed by atoms with Crippen molar-refractivity contribution < 1.29 is 4.79 Å². The second-order valence-electron chi connectivity index (χ2n) is 3.25. The molecule has 1 rings (SSSR count). The van der Waals surface area contributed by atoms with Gasteiger partial charge in [-0.1, -0.05) is 38.5 Å². The molecule has 0 atom stereocenters. The van der Waals surface area contributed by atoms with Gasteiger partial charge in [0, 0.05) is 5.56 Å². The molecule has 0 N–H and O–H groups in total. The highest BCUT2D eigenvalue weighted by molar-refractivity contribution is 5.77. The summed E-state index contributed by atoms with van der Waals surface area (Å²) in [6.45, 7) is 4.25. The highest BCUT2D eigenvalue weighted by atomic mass is 16.1. The SMILES string of the molecule is CCCc1ccc(C=O)c(CC)c1. The van der Waals surface area contributed by atoms with Gasteiger partial charge in [0.15, 0.2) is 0 Å². The number of hydrogen-bond donors (Lipinski definition) is 0. The fraction of sp³-hybridized carbons (Fsp3) is 0.417. The first-order valence-corrected chi connectivity index (χ1v) is 4.88. The summed E-state index contributed by atoms with van der Waals surface area (Å²) in [7, 11) is 0. The van der Waals surface area contributed by atoms with Crippen LogP contribution in [-0.4, -0.2) is 6.29 Å². The van der Waals surface area contributed by atoms with Crippen LogP contribution in [0.2, 0.25) is 0 Å². The van der Waals surface area contributed by atoms with Gasteiger partial charge in [0.1, 0.15) is 6.29 Å². The summed E-state index contributed by atoms with van der Waals surface area (Å²) >= 11 is 0. The monoisotopic (exact) mass is 176 g/mol. The minimum atomic E-state index is 0.836. The minimum Gasteiger partial charge on any atom is -0.298 e. The highest BCUT2D eigenvalue weighted by Gasteiger charge is 2.00. The molecule has 0 aliphatic rings. The molecule has 0 radical (unpaired) electrons. The third kappa shape index (κ3) is 2.41. The number of rotatable bonds is 4. The van der Waals surface area contributed by atoms with E-state index in [-0.39, 0.29) is 0 Å². The summed E-state index contributed by atoms with van der Waals surface area (Å²) < 4.78 is 0. The van der Waals surface area contributed by atoms with Crippen molar-refractivity contribution in [3.05, 3.63) is 34.9 Å². The lowest BCUT2D eigenvalue weighted by molar-refractivity contribution is 0.112. The van der Waals surface area contributed by atoms with Crippen molar-refractivity contribution in [2.24, 2.45) is 0 Å². The molecule has 1 nitrogen and oxygen atoms in total. The van der Waals surface area contributed by atoms with E-state index < -0.39 is 0 Å². The number of aldehydes is 1. The van der Waals surface area contributed by atoms with E-state index in [1.54, 1.807) is 0 Å². The lowest BCUT2D eigenvalue weighted by Crippen LogP contribution is -1.93. The van der Waals surface area contributed by atoms with Crippen molar-refractivity contribution in [3.8, 4) is 0 Å². The number of hydrogen-bond acceptors (Lipinski definition) is 1. The Balaban J connectivity index is 2.98. The molecule has 0 saturated carbocycles. The van der Waals surface area contributed by atoms with Crippen molar-refractivity contribution in [3.63, 3.8) is 0 Å².